The van der Waals surface area contributed by atoms with Crippen molar-refractivity contribution < 1.29 is 9.72 Å². The molecule has 0 radical (unpaired) electrons. The number of nitrogens with zero attached hydrogens (tertiary/aromatic N) is 1. The maximum atomic E-state index is 11.7. The summed E-state index contributed by atoms with van der Waals surface area (Å²) in [6.07, 6.45) is 0.811. The summed E-state index contributed by atoms with van der Waals surface area (Å²) in [5.41, 5.74) is 0.240. The Bertz CT molecular complexity index is 491. The second-order valence-corrected chi connectivity index (χ2v) is 4.30. The van der Waals surface area contributed by atoms with Crippen molar-refractivity contribution in [1.29, 1.82) is 0 Å². The highest BCUT2D eigenvalue weighted by Gasteiger charge is 2.20. The van der Waals surface area contributed by atoms with Crippen LogP contribution in [0.3, 0.4) is 0 Å². The van der Waals surface area contributed by atoms with Gasteiger partial charge in [-0.25, -0.2) is 0 Å². The highest BCUT2D eigenvalue weighted by Crippen LogP contribution is 2.33. The normalized spacial score (nSPS) is 10.1. The molecular weight excluding hydrogens is 270 g/mol. The summed E-state index contributed by atoms with van der Waals surface area (Å²) in [4.78, 5) is 22.2. The molecule has 7 heteroatoms. The lowest BCUT2D eigenvalue weighted by atomic mass is 10.1. The fourth-order valence-electron chi connectivity index (χ4n) is 1.55. The molecule has 2 N–H and O–H groups in total. The Hall–Kier alpha value is -1.82. The average molecular weight is 286 g/mol. The molecule has 0 spiro atoms. The predicted molar refractivity (Wildman–Crippen MR) is 74.9 cm³/mol. The molecular formula is C12H16ClN3O3. The van der Waals surface area contributed by atoms with Crippen LogP contribution in [0, 0.1) is 10.1 Å². The Balaban J connectivity index is 3.21. The number of halogens is 1. The highest BCUT2D eigenvalue weighted by molar-refractivity contribution is 6.34. The van der Waals surface area contributed by atoms with Gasteiger partial charge in [-0.05, 0) is 19.4 Å². The van der Waals surface area contributed by atoms with Gasteiger partial charge in [0.15, 0.2) is 0 Å². The predicted octanol–water partition coefficient (Wildman–Crippen LogP) is 2.82. The van der Waals surface area contributed by atoms with Gasteiger partial charge in [-0.1, -0.05) is 18.5 Å². The van der Waals surface area contributed by atoms with Gasteiger partial charge in [-0.3, -0.25) is 14.9 Å². The number of hydrogen-bond acceptors (Lipinski definition) is 4. The van der Waals surface area contributed by atoms with Crippen molar-refractivity contribution in [2.45, 2.75) is 20.3 Å². The number of amides is 1. The number of rotatable bonds is 6. The summed E-state index contributed by atoms with van der Waals surface area (Å²) >= 11 is 6.01. The van der Waals surface area contributed by atoms with E-state index in [9.17, 15) is 14.9 Å². The third kappa shape index (κ3) is 3.82. The van der Waals surface area contributed by atoms with Crippen molar-refractivity contribution in [2.24, 2.45) is 0 Å². The number of nitrogens with one attached hydrogen (secondary N) is 2. The standard InChI is InChI=1S/C12H16ClN3O3/c1-3-5-15-11-9(13)6-8(12(17)14-4-2)7-10(11)16(18)19/h6-7,15H,3-5H2,1-2H3,(H,14,17). The second kappa shape index (κ2) is 6.94. The fraction of sp³-hybridized carbons (Fsp3) is 0.417. The molecule has 1 amide bonds. The van der Waals surface area contributed by atoms with Gasteiger partial charge in [0, 0.05) is 24.7 Å². The minimum atomic E-state index is -0.549. The van der Waals surface area contributed by atoms with Gasteiger partial charge >= 0.3 is 0 Å². The van der Waals surface area contributed by atoms with Crippen LogP contribution in [0.4, 0.5) is 11.4 Å². The number of carbonyl (C=O) groups excluding carboxylic acids is 1. The number of carbonyl (C=O) groups is 1. The van der Waals surface area contributed by atoms with Crippen LogP contribution in [0.15, 0.2) is 12.1 Å². The van der Waals surface area contributed by atoms with Crippen LogP contribution in [-0.4, -0.2) is 23.9 Å². The molecule has 0 saturated carbocycles. The first kappa shape index (κ1) is 15.2. The maximum absolute atomic E-state index is 11.7. The summed E-state index contributed by atoms with van der Waals surface area (Å²) in [5, 5.41) is 16.7. The number of benzene rings is 1. The Morgan fingerprint density at radius 3 is 2.63 bits per heavy atom. The molecule has 0 atom stereocenters. The van der Waals surface area contributed by atoms with Crippen LogP contribution in [0.5, 0.6) is 0 Å². The first-order valence-corrected chi connectivity index (χ1v) is 6.39. The van der Waals surface area contributed by atoms with Gasteiger partial charge in [-0.15, -0.1) is 0 Å². The lowest BCUT2D eigenvalue weighted by Crippen LogP contribution is -2.22. The van der Waals surface area contributed by atoms with Gasteiger partial charge in [0.1, 0.15) is 5.69 Å². The SMILES string of the molecule is CCCNc1c(Cl)cc(C(=O)NCC)cc1[N+](=O)[O-]. The molecule has 104 valence electrons. The monoisotopic (exact) mass is 285 g/mol. The molecule has 1 aromatic rings. The second-order valence-electron chi connectivity index (χ2n) is 3.90. The van der Waals surface area contributed by atoms with Crippen molar-refractivity contribution in [2.75, 3.05) is 18.4 Å². The van der Waals surface area contributed by atoms with E-state index < -0.39 is 4.92 Å². The summed E-state index contributed by atoms with van der Waals surface area (Å²) < 4.78 is 0. The summed E-state index contributed by atoms with van der Waals surface area (Å²) in [6.45, 7) is 4.72. The molecule has 6 nitrogen and oxygen atoms in total. The molecule has 0 aromatic heterocycles. The minimum Gasteiger partial charge on any atom is -0.378 e. The van der Waals surface area contributed by atoms with Crippen LogP contribution in [0.1, 0.15) is 30.6 Å². The molecule has 0 aliphatic rings. The van der Waals surface area contributed by atoms with E-state index in [4.69, 9.17) is 11.6 Å². The molecule has 0 aliphatic carbocycles. The van der Waals surface area contributed by atoms with E-state index in [2.05, 4.69) is 10.6 Å². The van der Waals surface area contributed by atoms with Crippen LogP contribution >= 0.6 is 11.6 Å². The highest BCUT2D eigenvalue weighted by atomic mass is 35.5. The minimum absolute atomic E-state index is 0.170. The number of nitro groups is 1. The molecule has 1 aromatic carbocycles. The summed E-state index contributed by atoms with van der Waals surface area (Å²) in [7, 11) is 0. The number of hydrogen-bond donors (Lipinski definition) is 2. The van der Waals surface area contributed by atoms with Crippen molar-refractivity contribution in [3.8, 4) is 0 Å². The van der Waals surface area contributed by atoms with Gasteiger partial charge in [0.25, 0.3) is 11.6 Å². The number of anilines is 1. The van der Waals surface area contributed by atoms with Crippen LogP contribution < -0.4 is 10.6 Å². The molecule has 0 bridgehead atoms. The lowest BCUT2D eigenvalue weighted by Gasteiger charge is -2.10. The summed E-state index contributed by atoms with van der Waals surface area (Å²) in [6, 6.07) is 2.66. The first-order valence-electron chi connectivity index (χ1n) is 6.01. The van der Waals surface area contributed by atoms with E-state index in [0.717, 1.165) is 6.42 Å². The lowest BCUT2D eigenvalue weighted by molar-refractivity contribution is -0.384. The Labute approximate surface area is 116 Å². The van der Waals surface area contributed by atoms with Crippen molar-refractivity contribution >= 4 is 28.9 Å². The third-order valence-corrected chi connectivity index (χ3v) is 2.72. The zero-order valence-electron chi connectivity index (χ0n) is 10.8. The zero-order chi connectivity index (χ0) is 14.4. The van der Waals surface area contributed by atoms with Crippen LogP contribution in [-0.2, 0) is 0 Å². The molecule has 0 aliphatic heterocycles. The molecule has 0 unspecified atom stereocenters. The van der Waals surface area contributed by atoms with E-state index in [1.807, 2.05) is 6.92 Å². The van der Waals surface area contributed by atoms with Gasteiger partial charge < -0.3 is 10.6 Å². The first-order chi connectivity index (χ1) is 9.01. The maximum Gasteiger partial charge on any atom is 0.294 e. The Morgan fingerprint density at radius 2 is 2.11 bits per heavy atom. The van der Waals surface area contributed by atoms with Gasteiger partial charge in [-0.2, -0.15) is 0 Å². The van der Waals surface area contributed by atoms with E-state index in [-0.39, 0.29) is 27.9 Å². The fourth-order valence-corrected chi connectivity index (χ4v) is 1.84. The van der Waals surface area contributed by atoms with Crippen molar-refractivity contribution in [3.05, 3.63) is 32.8 Å². The van der Waals surface area contributed by atoms with Gasteiger partial charge in [0.05, 0.1) is 9.95 Å². The average Bonchev–Trinajstić information content (AvgIpc) is 2.36. The van der Waals surface area contributed by atoms with E-state index in [1.165, 1.54) is 12.1 Å². The van der Waals surface area contributed by atoms with Gasteiger partial charge in [0.2, 0.25) is 0 Å². The Kier molecular flexibility index (Phi) is 5.57. The molecule has 0 heterocycles. The molecule has 0 fully saturated rings. The topological polar surface area (TPSA) is 84.3 Å². The van der Waals surface area contributed by atoms with E-state index in [0.29, 0.717) is 13.1 Å². The van der Waals surface area contributed by atoms with Crippen molar-refractivity contribution in [3.63, 3.8) is 0 Å². The van der Waals surface area contributed by atoms with Crippen molar-refractivity contribution in [1.82, 2.24) is 5.32 Å². The number of nitro benzene ring substituents is 1. The quantitative estimate of drug-likeness (QED) is 0.622. The Morgan fingerprint density at radius 1 is 1.42 bits per heavy atom. The molecule has 1 rings (SSSR count). The molecule has 0 saturated heterocycles. The zero-order valence-corrected chi connectivity index (χ0v) is 11.6. The molecule has 19 heavy (non-hydrogen) atoms. The van der Waals surface area contributed by atoms with Crippen LogP contribution in [0.25, 0.3) is 0 Å². The smallest absolute Gasteiger partial charge is 0.294 e. The third-order valence-electron chi connectivity index (χ3n) is 2.42. The summed E-state index contributed by atoms with van der Waals surface area (Å²) in [5.74, 6) is -0.380. The largest absolute Gasteiger partial charge is 0.378 e. The van der Waals surface area contributed by atoms with Crippen LogP contribution in [0.2, 0.25) is 5.02 Å². The van der Waals surface area contributed by atoms with E-state index >= 15 is 0 Å². The van der Waals surface area contributed by atoms with E-state index in [1.54, 1.807) is 6.92 Å².